The van der Waals surface area contributed by atoms with Gasteiger partial charge in [0.2, 0.25) is 0 Å². The van der Waals surface area contributed by atoms with E-state index in [1.54, 1.807) is 26.2 Å². The Morgan fingerprint density at radius 3 is 2.38 bits per heavy atom. The van der Waals surface area contributed by atoms with Crippen molar-refractivity contribution in [2.75, 3.05) is 27.8 Å². The van der Waals surface area contributed by atoms with E-state index >= 15 is 0 Å². The van der Waals surface area contributed by atoms with Gasteiger partial charge in [-0.05, 0) is 42.0 Å². The van der Waals surface area contributed by atoms with E-state index in [4.69, 9.17) is 9.47 Å². The molecule has 2 rings (SSSR count). The molecule has 0 aliphatic heterocycles. The molecular formula is C20H19N2O7-. The molecule has 0 saturated carbocycles. The molecule has 0 aliphatic carbocycles. The van der Waals surface area contributed by atoms with Crippen molar-refractivity contribution >= 4 is 23.5 Å². The number of methoxy groups -OCH3 is 1. The summed E-state index contributed by atoms with van der Waals surface area (Å²) in [5.41, 5.74) is 0.00307. The normalized spacial score (nSPS) is 10.6. The Bertz CT molecular complexity index is 950. The van der Waals surface area contributed by atoms with Crippen LogP contribution in [0.2, 0.25) is 0 Å². The molecule has 0 bridgehead atoms. The van der Waals surface area contributed by atoms with Gasteiger partial charge in [-0.3, -0.25) is 19.7 Å². The first-order valence-corrected chi connectivity index (χ1v) is 8.41. The summed E-state index contributed by atoms with van der Waals surface area (Å²) < 4.78 is 10.2. The summed E-state index contributed by atoms with van der Waals surface area (Å²) in [6.45, 7) is -0.115. The predicted molar refractivity (Wildman–Crippen MR) is 103 cm³/mol. The van der Waals surface area contributed by atoms with Crippen molar-refractivity contribution in [1.82, 2.24) is 4.90 Å². The number of carbonyl (C=O) groups excluding carboxylic acids is 2. The maximum Gasteiger partial charge on any atom is 0.266 e. The fourth-order valence-corrected chi connectivity index (χ4v) is 2.25. The van der Waals surface area contributed by atoms with Crippen molar-refractivity contribution < 1.29 is 29.1 Å². The number of rotatable bonds is 8. The van der Waals surface area contributed by atoms with Crippen molar-refractivity contribution in [3.05, 3.63) is 63.7 Å². The van der Waals surface area contributed by atoms with Crippen LogP contribution >= 0.6 is 0 Å². The van der Waals surface area contributed by atoms with E-state index < -0.39 is 16.4 Å². The van der Waals surface area contributed by atoms with Gasteiger partial charge in [-0.1, -0.05) is 6.08 Å². The summed E-state index contributed by atoms with van der Waals surface area (Å²) in [5, 5.41) is 22.8. The molecular weight excluding hydrogens is 380 g/mol. The number of nitro benzene ring substituents is 1. The number of carbonyl (C=O) groups is 2. The van der Waals surface area contributed by atoms with Crippen LogP contribution in [0.25, 0.3) is 6.08 Å². The minimum absolute atomic E-state index is 0.115. The summed E-state index contributed by atoms with van der Waals surface area (Å²) in [4.78, 5) is 35.4. The molecule has 1 amide bonds. The van der Waals surface area contributed by atoms with Crippen molar-refractivity contribution in [2.45, 2.75) is 0 Å². The van der Waals surface area contributed by atoms with Crippen LogP contribution < -0.4 is 14.6 Å². The number of hydrogen-bond acceptors (Lipinski definition) is 7. The lowest BCUT2D eigenvalue weighted by atomic mass is 10.1. The van der Waals surface area contributed by atoms with E-state index in [0.717, 1.165) is 6.07 Å². The number of likely N-dealkylation sites (N-methyl/N-ethyl adjacent to an activating group) is 1. The van der Waals surface area contributed by atoms with Crippen LogP contribution in [0.1, 0.15) is 15.9 Å². The Morgan fingerprint density at radius 1 is 1.17 bits per heavy atom. The predicted octanol–water partition coefficient (Wildman–Crippen LogP) is 2.04. The molecule has 29 heavy (non-hydrogen) atoms. The molecule has 9 nitrogen and oxygen atoms in total. The highest BCUT2D eigenvalue weighted by molar-refractivity contribution is 6.06. The number of hydrogen-bond donors (Lipinski definition) is 0. The van der Waals surface area contributed by atoms with Gasteiger partial charge in [-0.2, -0.15) is 0 Å². The molecule has 0 radical (unpaired) electrons. The van der Waals surface area contributed by atoms with E-state index in [1.165, 1.54) is 42.4 Å². The molecule has 2 aromatic carbocycles. The van der Waals surface area contributed by atoms with Gasteiger partial charge < -0.3 is 19.5 Å². The highest BCUT2D eigenvalue weighted by atomic mass is 16.6. The average molecular weight is 399 g/mol. The first-order valence-electron chi connectivity index (χ1n) is 8.41. The third-order valence-electron chi connectivity index (χ3n) is 3.90. The Hall–Kier alpha value is -3.88. The van der Waals surface area contributed by atoms with Crippen molar-refractivity contribution in [3.8, 4) is 17.2 Å². The molecule has 0 spiro atoms. The summed E-state index contributed by atoms with van der Waals surface area (Å²) in [6.07, 6.45) is 2.59. The lowest BCUT2D eigenvalue weighted by Crippen LogP contribution is -2.27. The lowest BCUT2D eigenvalue weighted by molar-refractivity contribution is -0.398. The maximum absolute atomic E-state index is 12.3. The third-order valence-corrected chi connectivity index (χ3v) is 3.90. The molecule has 0 aromatic heterocycles. The molecule has 0 saturated heterocycles. The molecule has 9 heteroatoms. The van der Waals surface area contributed by atoms with Gasteiger partial charge in [-0.15, -0.1) is 0 Å². The van der Waals surface area contributed by atoms with Gasteiger partial charge in [0, 0.05) is 31.5 Å². The van der Waals surface area contributed by atoms with Crippen LogP contribution in [0.4, 0.5) is 5.69 Å². The summed E-state index contributed by atoms with van der Waals surface area (Å²) in [6, 6.07) is 8.58. The first-order chi connectivity index (χ1) is 13.7. The molecule has 0 atom stereocenters. The first kappa shape index (κ1) is 21.4. The minimum Gasteiger partial charge on any atom is -0.865 e. The maximum atomic E-state index is 12.3. The lowest BCUT2D eigenvalue weighted by Gasteiger charge is -2.13. The van der Waals surface area contributed by atoms with E-state index in [2.05, 4.69) is 0 Å². The molecule has 2 aromatic rings. The van der Waals surface area contributed by atoms with Crippen molar-refractivity contribution in [3.63, 3.8) is 0 Å². The van der Waals surface area contributed by atoms with E-state index in [9.17, 15) is 24.8 Å². The topological polar surface area (TPSA) is 122 Å². The zero-order valence-electron chi connectivity index (χ0n) is 16.1. The van der Waals surface area contributed by atoms with Crippen LogP contribution in [0.5, 0.6) is 17.2 Å². The number of ether oxygens (including phenoxy) is 2. The standard InChI is InChI=1S/C20H20N2O7/c1-21(2)19(24)12-29-15-7-5-14(6-8-15)17(23)9-4-13-10-16(22(26)27)20(25)18(11-13)28-3/h4-11,25H,12H2,1-3H3/p-1/b9-4+. The van der Waals surface area contributed by atoms with Crippen LogP contribution in [0, 0.1) is 10.1 Å². The Balaban J connectivity index is 2.12. The van der Waals surface area contributed by atoms with Crippen LogP contribution in [-0.4, -0.2) is 49.3 Å². The number of nitro groups is 1. The second kappa shape index (κ2) is 9.36. The van der Waals surface area contributed by atoms with E-state index in [-0.39, 0.29) is 29.6 Å². The monoisotopic (exact) mass is 399 g/mol. The van der Waals surface area contributed by atoms with Gasteiger partial charge in [-0.25, -0.2) is 0 Å². The number of allylic oxidation sites excluding steroid dienone is 1. The quantitative estimate of drug-likeness (QED) is 0.288. The SMILES string of the molecule is COc1cc(/C=C/C(=O)c2ccc(OCC(=O)N(C)C)cc2)cc([N+](=O)[O-])c1[O-]. The molecule has 152 valence electrons. The second-order valence-electron chi connectivity index (χ2n) is 6.13. The van der Waals surface area contributed by atoms with Gasteiger partial charge >= 0.3 is 0 Å². The molecule has 0 N–H and O–H groups in total. The fraction of sp³-hybridized carbons (Fsp3) is 0.200. The summed E-state index contributed by atoms with van der Waals surface area (Å²) in [7, 11) is 4.47. The summed E-state index contributed by atoms with van der Waals surface area (Å²) >= 11 is 0. The highest BCUT2D eigenvalue weighted by Crippen LogP contribution is 2.34. The number of ketones is 1. The highest BCUT2D eigenvalue weighted by Gasteiger charge is 2.13. The Morgan fingerprint density at radius 2 is 1.83 bits per heavy atom. The Labute approximate surface area is 166 Å². The Kier molecular flexibility index (Phi) is 6.91. The van der Waals surface area contributed by atoms with Gasteiger partial charge in [0.1, 0.15) is 11.5 Å². The largest absolute Gasteiger partial charge is 0.865 e. The van der Waals surface area contributed by atoms with Crippen LogP contribution in [-0.2, 0) is 4.79 Å². The smallest absolute Gasteiger partial charge is 0.266 e. The number of nitrogens with zero attached hydrogens (tertiary/aromatic N) is 2. The fourth-order valence-electron chi connectivity index (χ4n) is 2.25. The second-order valence-corrected chi connectivity index (χ2v) is 6.13. The summed E-state index contributed by atoms with van der Waals surface area (Å²) in [5.74, 6) is -1.12. The average Bonchev–Trinajstić information content (AvgIpc) is 2.70. The molecule has 0 aliphatic rings. The minimum atomic E-state index is -0.829. The van der Waals surface area contributed by atoms with Gasteiger partial charge in [0.15, 0.2) is 12.4 Å². The zero-order chi connectivity index (χ0) is 21.6. The van der Waals surface area contributed by atoms with Gasteiger partial charge in [0.05, 0.1) is 12.0 Å². The van der Waals surface area contributed by atoms with E-state index in [0.29, 0.717) is 11.3 Å². The van der Waals surface area contributed by atoms with Crippen molar-refractivity contribution in [1.29, 1.82) is 0 Å². The third kappa shape index (κ3) is 5.55. The molecule has 0 heterocycles. The van der Waals surface area contributed by atoms with Gasteiger partial charge in [0.25, 0.3) is 11.6 Å². The van der Waals surface area contributed by atoms with Crippen LogP contribution in [0.3, 0.4) is 0 Å². The molecule has 0 unspecified atom stereocenters. The zero-order valence-corrected chi connectivity index (χ0v) is 16.1. The van der Waals surface area contributed by atoms with Crippen molar-refractivity contribution in [2.24, 2.45) is 0 Å². The van der Waals surface area contributed by atoms with E-state index in [1.807, 2.05) is 0 Å². The molecule has 0 fully saturated rings. The number of benzene rings is 2. The van der Waals surface area contributed by atoms with Crippen LogP contribution in [0.15, 0.2) is 42.5 Å². The number of amides is 1.